The first kappa shape index (κ1) is 18.6. The summed E-state index contributed by atoms with van der Waals surface area (Å²) in [4.78, 5) is 0.139. The van der Waals surface area contributed by atoms with Crippen molar-refractivity contribution in [3.05, 3.63) is 53.6 Å². The molecule has 0 aliphatic carbocycles. The summed E-state index contributed by atoms with van der Waals surface area (Å²) >= 11 is 6.25. The summed E-state index contributed by atoms with van der Waals surface area (Å²) in [7, 11) is -3.61. The van der Waals surface area contributed by atoms with Crippen LogP contribution in [0.15, 0.2) is 57.8 Å². The molecule has 0 saturated carbocycles. The summed E-state index contributed by atoms with van der Waals surface area (Å²) < 4.78 is 32.5. The molecule has 26 heavy (non-hydrogen) atoms. The van der Waals surface area contributed by atoms with E-state index in [0.717, 1.165) is 5.56 Å². The summed E-state index contributed by atoms with van der Waals surface area (Å²) in [5.41, 5.74) is 1.16. The Bertz CT molecular complexity index is 1000. The van der Waals surface area contributed by atoms with Gasteiger partial charge in [-0.05, 0) is 30.3 Å². The van der Waals surface area contributed by atoms with Gasteiger partial charge in [-0.2, -0.15) is 4.31 Å². The fourth-order valence-electron chi connectivity index (χ4n) is 2.57. The normalized spacial score (nSPS) is 11.8. The highest BCUT2D eigenvalue weighted by Crippen LogP contribution is 2.32. The summed E-state index contributed by atoms with van der Waals surface area (Å²) in [5, 5.41) is 8.39. The molecule has 3 aromatic rings. The highest BCUT2D eigenvalue weighted by molar-refractivity contribution is 7.89. The average molecular weight is 392 g/mol. The first-order chi connectivity index (χ1) is 12.5. The molecule has 0 spiro atoms. The lowest BCUT2D eigenvalue weighted by molar-refractivity contribution is 0.445. The third kappa shape index (κ3) is 3.51. The van der Waals surface area contributed by atoms with Gasteiger partial charge in [0.15, 0.2) is 0 Å². The summed E-state index contributed by atoms with van der Waals surface area (Å²) in [6, 6.07) is 13.8. The molecule has 2 aromatic carbocycles. The van der Waals surface area contributed by atoms with Crippen LogP contribution < -0.4 is 0 Å². The van der Waals surface area contributed by atoms with Crippen molar-refractivity contribution in [2.24, 2.45) is 0 Å². The maximum absolute atomic E-state index is 12.7. The number of hydrogen-bond donors (Lipinski definition) is 0. The molecule has 3 rings (SSSR count). The number of sulfonamides is 1. The Labute approximate surface area is 157 Å². The van der Waals surface area contributed by atoms with Gasteiger partial charge in [-0.1, -0.05) is 43.6 Å². The van der Waals surface area contributed by atoms with E-state index in [4.69, 9.17) is 16.0 Å². The summed E-state index contributed by atoms with van der Waals surface area (Å²) in [6.45, 7) is 4.36. The second-order valence-electron chi connectivity index (χ2n) is 5.51. The van der Waals surface area contributed by atoms with Crippen molar-refractivity contribution in [2.75, 3.05) is 13.1 Å². The zero-order valence-electron chi connectivity index (χ0n) is 14.4. The third-order valence-electron chi connectivity index (χ3n) is 3.96. The first-order valence-electron chi connectivity index (χ1n) is 8.16. The van der Waals surface area contributed by atoms with Crippen LogP contribution in [0.25, 0.3) is 22.9 Å². The smallest absolute Gasteiger partial charge is 0.249 e. The molecule has 6 nitrogen and oxygen atoms in total. The molecular weight excluding hydrogens is 374 g/mol. The Morgan fingerprint density at radius 1 is 1.00 bits per heavy atom. The standard InChI is InChI=1S/C18H18ClN3O3S/c1-3-22(4-2)26(23,24)14-10-11-16(19)15(12-14)18-21-20-17(25-18)13-8-6-5-7-9-13/h5-12H,3-4H2,1-2H3. The van der Waals surface area contributed by atoms with Crippen LogP contribution in [-0.4, -0.2) is 36.0 Å². The summed E-state index contributed by atoms with van der Waals surface area (Å²) in [5.74, 6) is 0.513. The van der Waals surface area contributed by atoms with Crippen molar-refractivity contribution in [3.8, 4) is 22.9 Å². The second kappa shape index (κ2) is 7.57. The molecule has 0 aliphatic rings. The van der Waals surface area contributed by atoms with E-state index in [9.17, 15) is 8.42 Å². The van der Waals surface area contributed by atoms with Crippen molar-refractivity contribution < 1.29 is 12.8 Å². The van der Waals surface area contributed by atoms with Gasteiger partial charge in [0.05, 0.1) is 15.5 Å². The molecule has 1 aromatic heterocycles. The van der Waals surface area contributed by atoms with E-state index < -0.39 is 10.0 Å². The van der Waals surface area contributed by atoms with Crippen LogP contribution in [0.4, 0.5) is 0 Å². The molecule has 0 atom stereocenters. The monoisotopic (exact) mass is 391 g/mol. The molecule has 0 N–H and O–H groups in total. The van der Waals surface area contributed by atoms with Crippen LogP contribution >= 0.6 is 11.6 Å². The Kier molecular flexibility index (Phi) is 5.41. The minimum Gasteiger partial charge on any atom is -0.416 e. The van der Waals surface area contributed by atoms with Gasteiger partial charge in [0, 0.05) is 18.7 Å². The van der Waals surface area contributed by atoms with Crippen LogP contribution in [0.5, 0.6) is 0 Å². The lowest BCUT2D eigenvalue weighted by Crippen LogP contribution is -2.30. The van der Waals surface area contributed by atoms with Crippen LogP contribution in [0.2, 0.25) is 5.02 Å². The van der Waals surface area contributed by atoms with Crippen molar-refractivity contribution >= 4 is 21.6 Å². The molecule has 136 valence electrons. The zero-order valence-corrected chi connectivity index (χ0v) is 16.0. The quantitative estimate of drug-likeness (QED) is 0.632. The number of rotatable bonds is 6. The van der Waals surface area contributed by atoms with Crippen LogP contribution in [0.1, 0.15) is 13.8 Å². The van der Waals surface area contributed by atoms with E-state index in [2.05, 4.69) is 10.2 Å². The molecular formula is C18H18ClN3O3S. The van der Waals surface area contributed by atoms with E-state index in [1.807, 2.05) is 30.3 Å². The Hall–Kier alpha value is -2.22. The molecule has 0 aliphatic heterocycles. The highest BCUT2D eigenvalue weighted by atomic mass is 35.5. The molecule has 0 fully saturated rings. The van der Waals surface area contributed by atoms with Gasteiger partial charge < -0.3 is 4.42 Å². The lowest BCUT2D eigenvalue weighted by atomic mass is 10.2. The van der Waals surface area contributed by atoms with Crippen LogP contribution in [0.3, 0.4) is 0 Å². The third-order valence-corrected chi connectivity index (χ3v) is 6.33. The zero-order chi connectivity index (χ0) is 18.7. The number of aromatic nitrogens is 2. The maximum Gasteiger partial charge on any atom is 0.249 e. The fraction of sp³-hybridized carbons (Fsp3) is 0.222. The number of benzene rings is 2. The van der Waals surface area contributed by atoms with Gasteiger partial charge in [-0.15, -0.1) is 10.2 Å². The Balaban J connectivity index is 2.03. The Morgan fingerprint density at radius 2 is 1.65 bits per heavy atom. The first-order valence-corrected chi connectivity index (χ1v) is 9.98. The van der Waals surface area contributed by atoms with Gasteiger partial charge in [0.25, 0.3) is 0 Å². The van der Waals surface area contributed by atoms with Crippen molar-refractivity contribution in [1.29, 1.82) is 0 Å². The number of hydrogen-bond acceptors (Lipinski definition) is 5. The molecule has 0 saturated heterocycles. The van der Waals surface area contributed by atoms with Crippen molar-refractivity contribution in [1.82, 2.24) is 14.5 Å². The molecule has 0 unspecified atom stereocenters. The van der Waals surface area contributed by atoms with Crippen molar-refractivity contribution in [3.63, 3.8) is 0 Å². The largest absolute Gasteiger partial charge is 0.416 e. The van der Waals surface area contributed by atoms with Gasteiger partial charge in [0.1, 0.15) is 0 Å². The minimum absolute atomic E-state index is 0.139. The molecule has 0 amide bonds. The molecule has 1 heterocycles. The van der Waals surface area contributed by atoms with Gasteiger partial charge in [0.2, 0.25) is 21.8 Å². The second-order valence-corrected chi connectivity index (χ2v) is 7.85. The maximum atomic E-state index is 12.7. The predicted octanol–water partition coefficient (Wildman–Crippen LogP) is 4.09. The molecule has 8 heteroatoms. The lowest BCUT2D eigenvalue weighted by Gasteiger charge is -2.18. The molecule has 0 radical (unpaired) electrons. The Morgan fingerprint density at radius 3 is 2.31 bits per heavy atom. The summed E-state index contributed by atoms with van der Waals surface area (Å²) in [6.07, 6.45) is 0. The predicted molar refractivity (Wildman–Crippen MR) is 100 cm³/mol. The number of nitrogens with zero attached hydrogens (tertiary/aromatic N) is 3. The topological polar surface area (TPSA) is 76.3 Å². The van der Waals surface area contributed by atoms with Crippen LogP contribution in [-0.2, 0) is 10.0 Å². The molecule has 0 bridgehead atoms. The van der Waals surface area contributed by atoms with E-state index >= 15 is 0 Å². The van der Waals surface area contributed by atoms with Gasteiger partial charge >= 0.3 is 0 Å². The fourth-order valence-corrected chi connectivity index (χ4v) is 4.25. The SMILES string of the molecule is CCN(CC)S(=O)(=O)c1ccc(Cl)c(-c2nnc(-c3ccccc3)o2)c1. The van der Waals surface area contributed by atoms with Gasteiger partial charge in [-0.25, -0.2) is 8.42 Å². The number of halogens is 1. The van der Waals surface area contributed by atoms with E-state index in [-0.39, 0.29) is 10.8 Å². The van der Waals surface area contributed by atoms with Gasteiger partial charge in [-0.3, -0.25) is 0 Å². The average Bonchev–Trinajstić information content (AvgIpc) is 3.13. The van der Waals surface area contributed by atoms with E-state index in [0.29, 0.717) is 29.6 Å². The van der Waals surface area contributed by atoms with Crippen molar-refractivity contribution in [2.45, 2.75) is 18.7 Å². The van der Waals surface area contributed by atoms with E-state index in [1.165, 1.54) is 22.5 Å². The van der Waals surface area contributed by atoms with E-state index in [1.54, 1.807) is 13.8 Å². The highest BCUT2D eigenvalue weighted by Gasteiger charge is 2.24. The minimum atomic E-state index is -3.61. The van der Waals surface area contributed by atoms with Crippen LogP contribution in [0, 0.1) is 0 Å².